The molecule has 0 aliphatic carbocycles. The van der Waals surface area contributed by atoms with Crippen molar-refractivity contribution in [3.8, 4) is 5.75 Å². The third-order valence-corrected chi connectivity index (χ3v) is 4.81. The predicted molar refractivity (Wildman–Crippen MR) is 110 cm³/mol. The zero-order valence-corrected chi connectivity index (χ0v) is 15.8. The first kappa shape index (κ1) is 17.9. The molecule has 0 saturated carbocycles. The van der Waals surface area contributed by atoms with E-state index < -0.39 is 6.23 Å². The zero-order valence-electron chi connectivity index (χ0n) is 15.8. The number of allylic oxidation sites excluding steroid dienone is 1. The van der Waals surface area contributed by atoms with Gasteiger partial charge in [0.15, 0.2) is 0 Å². The normalized spacial score (nSPS) is 16.7. The van der Waals surface area contributed by atoms with Crippen LogP contribution in [-0.4, -0.2) is 13.0 Å². The number of carbonyl (C=O) groups excluding carboxylic acids is 1. The van der Waals surface area contributed by atoms with Crippen LogP contribution < -0.4 is 9.64 Å². The van der Waals surface area contributed by atoms with E-state index in [2.05, 4.69) is 0 Å². The SMILES string of the molecule is COc1ccc(N2C(=O)C(c3ccccc3)=C(C)O[C@@H]2c2ccccc2)cc1. The first-order valence-corrected chi connectivity index (χ1v) is 9.14. The highest BCUT2D eigenvalue weighted by Gasteiger charge is 2.37. The minimum absolute atomic E-state index is 0.0889. The van der Waals surface area contributed by atoms with Crippen molar-refractivity contribution in [1.29, 1.82) is 0 Å². The number of methoxy groups -OCH3 is 1. The molecular weight excluding hydrogens is 350 g/mol. The van der Waals surface area contributed by atoms with Crippen molar-refractivity contribution in [2.45, 2.75) is 13.2 Å². The van der Waals surface area contributed by atoms with E-state index in [-0.39, 0.29) is 5.91 Å². The summed E-state index contributed by atoms with van der Waals surface area (Å²) in [5.41, 5.74) is 3.08. The second kappa shape index (κ2) is 7.61. The van der Waals surface area contributed by atoms with E-state index in [1.165, 1.54) is 0 Å². The molecular formula is C24H21NO3. The number of ether oxygens (including phenoxy) is 2. The molecule has 0 aromatic heterocycles. The highest BCUT2D eigenvalue weighted by molar-refractivity contribution is 6.27. The Morgan fingerprint density at radius 2 is 1.46 bits per heavy atom. The summed E-state index contributed by atoms with van der Waals surface area (Å²) in [4.78, 5) is 15.3. The van der Waals surface area contributed by atoms with Crippen molar-refractivity contribution in [2.75, 3.05) is 12.0 Å². The van der Waals surface area contributed by atoms with Crippen LogP contribution in [0, 0.1) is 0 Å². The van der Waals surface area contributed by atoms with E-state index in [1.807, 2.05) is 91.9 Å². The molecule has 0 saturated heterocycles. The maximum absolute atomic E-state index is 13.6. The monoisotopic (exact) mass is 371 g/mol. The van der Waals surface area contributed by atoms with Gasteiger partial charge in [-0.1, -0.05) is 60.7 Å². The van der Waals surface area contributed by atoms with Crippen LogP contribution in [0.1, 0.15) is 24.3 Å². The number of carbonyl (C=O) groups is 1. The Kier molecular flexibility index (Phi) is 4.85. The summed E-state index contributed by atoms with van der Waals surface area (Å²) in [6, 6.07) is 26.8. The molecule has 0 fully saturated rings. The molecule has 1 atom stereocenters. The second-order valence-electron chi connectivity index (χ2n) is 6.55. The van der Waals surface area contributed by atoms with Crippen molar-refractivity contribution in [2.24, 2.45) is 0 Å². The lowest BCUT2D eigenvalue weighted by Gasteiger charge is -2.37. The van der Waals surface area contributed by atoms with Crippen molar-refractivity contribution in [3.63, 3.8) is 0 Å². The molecule has 4 rings (SSSR count). The first-order chi connectivity index (χ1) is 13.7. The van der Waals surface area contributed by atoms with Gasteiger partial charge < -0.3 is 9.47 Å². The van der Waals surface area contributed by atoms with Crippen molar-refractivity contribution < 1.29 is 14.3 Å². The molecule has 1 heterocycles. The van der Waals surface area contributed by atoms with Gasteiger partial charge >= 0.3 is 0 Å². The molecule has 3 aromatic carbocycles. The smallest absolute Gasteiger partial charge is 0.265 e. The first-order valence-electron chi connectivity index (χ1n) is 9.14. The van der Waals surface area contributed by atoms with Crippen LogP contribution in [0.15, 0.2) is 90.7 Å². The van der Waals surface area contributed by atoms with Gasteiger partial charge in [0.2, 0.25) is 6.23 Å². The number of benzene rings is 3. The summed E-state index contributed by atoms with van der Waals surface area (Å²) in [5, 5.41) is 0. The van der Waals surface area contributed by atoms with Gasteiger partial charge in [-0.25, -0.2) is 0 Å². The Morgan fingerprint density at radius 3 is 2.07 bits per heavy atom. The molecule has 140 valence electrons. The van der Waals surface area contributed by atoms with Gasteiger partial charge in [-0.2, -0.15) is 0 Å². The van der Waals surface area contributed by atoms with E-state index in [0.717, 1.165) is 22.6 Å². The fourth-order valence-corrected chi connectivity index (χ4v) is 3.42. The van der Waals surface area contributed by atoms with E-state index in [4.69, 9.17) is 9.47 Å². The third kappa shape index (κ3) is 3.25. The Labute approximate surface area is 164 Å². The van der Waals surface area contributed by atoms with Crippen molar-refractivity contribution >= 4 is 17.2 Å². The summed E-state index contributed by atoms with van der Waals surface area (Å²) in [6.07, 6.45) is -0.533. The van der Waals surface area contributed by atoms with Crippen molar-refractivity contribution in [1.82, 2.24) is 0 Å². The lowest BCUT2D eigenvalue weighted by molar-refractivity contribution is -0.117. The van der Waals surface area contributed by atoms with Crippen LogP contribution in [-0.2, 0) is 9.53 Å². The number of amides is 1. The van der Waals surface area contributed by atoms with E-state index in [9.17, 15) is 4.79 Å². The van der Waals surface area contributed by atoms with Crippen molar-refractivity contribution in [3.05, 3.63) is 102 Å². The standard InChI is InChI=1S/C24H21NO3/c1-17-22(18-9-5-3-6-10-18)23(26)25(20-13-15-21(27-2)16-14-20)24(28-17)19-11-7-4-8-12-19/h3-16,24H,1-2H3/t24-/m1/s1. The fraction of sp³-hybridized carbons (Fsp3) is 0.125. The molecule has 1 aliphatic rings. The molecule has 0 unspecified atom stereocenters. The summed E-state index contributed by atoms with van der Waals surface area (Å²) in [7, 11) is 1.62. The maximum atomic E-state index is 13.6. The van der Waals surface area contributed by atoms with E-state index in [1.54, 1.807) is 12.0 Å². The van der Waals surface area contributed by atoms with Crippen LogP contribution in [0.4, 0.5) is 5.69 Å². The minimum atomic E-state index is -0.533. The molecule has 4 heteroatoms. The van der Waals surface area contributed by atoms with Crippen LogP contribution in [0.2, 0.25) is 0 Å². The van der Waals surface area contributed by atoms with Crippen LogP contribution >= 0.6 is 0 Å². The van der Waals surface area contributed by atoms with Gasteiger partial charge in [-0.05, 0) is 36.8 Å². The average Bonchev–Trinajstić information content (AvgIpc) is 2.75. The highest BCUT2D eigenvalue weighted by atomic mass is 16.5. The topological polar surface area (TPSA) is 38.8 Å². The largest absolute Gasteiger partial charge is 0.497 e. The molecule has 0 spiro atoms. The molecule has 0 bridgehead atoms. The summed E-state index contributed by atoms with van der Waals surface area (Å²) in [5.74, 6) is 1.27. The zero-order chi connectivity index (χ0) is 19.5. The Bertz CT molecular complexity index is 995. The number of hydrogen-bond acceptors (Lipinski definition) is 3. The van der Waals surface area contributed by atoms with E-state index in [0.29, 0.717) is 11.3 Å². The van der Waals surface area contributed by atoms with Crippen LogP contribution in [0.5, 0.6) is 5.75 Å². The quantitative estimate of drug-likeness (QED) is 0.634. The molecule has 1 aliphatic heterocycles. The predicted octanol–water partition coefficient (Wildman–Crippen LogP) is 5.19. The Balaban J connectivity index is 1.84. The molecule has 1 amide bonds. The Morgan fingerprint density at radius 1 is 0.857 bits per heavy atom. The summed E-state index contributed by atoms with van der Waals surface area (Å²) < 4.78 is 11.5. The number of hydrogen-bond donors (Lipinski definition) is 0. The lowest BCUT2D eigenvalue weighted by Crippen LogP contribution is -2.40. The molecule has 3 aromatic rings. The summed E-state index contributed by atoms with van der Waals surface area (Å²) in [6.45, 7) is 1.85. The van der Waals surface area contributed by atoms with Gasteiger partial charge in [-0.15, -0.1) is 0 Å². The molecule has 0 radical (unpaired) electrons. The maximum Gasteiger partial charge on any atom is 0.265 e. The van der Waals surface area contributed by atoms with E-state index >= 15 is 0 Å². The average molecular weight is 371 g/mol. The van der Waals surface area contributed by atoms with Gasteiger partial charge in [0.1, 0.15) is 11.5 Å². The number of anilines is 1. The van der Waals surface area contributed by atoms with Gasteiger partial charge in [0.25, 0.3) is 5.91 Å². The van der Waals surface area contributed by atoms with Gasteiger partial charge in [-0.3, -0.25) is 9.69 Å². The molecule has 0 N–H and O–H groups in total. The van der Waals surface area contributed by atoms with Crippen LogP contribution in [0.25, 0.3) is 5.57 Å². The minimum Gasteiger partial charge on any atom is -0.497 e. The third-order valence-electron chi connectivity index (χ3n) is 4.81. The number of rotatable bonds is 4. The second-order valence-corrected chi connectivity index (χ2v) is 6.55. The van der Waals surface area contributed by atoms with Gasteiger partial charge in [0.05, 0.1) is 12.7 Å². The molecule has 28 heavy (non-hydrogen) atoms. The number of nitrogens with zero attached hydrogens (tertiary/aromatic N) is 1. The fourth-order valence-electron chi connectivity index (χ4n) is 3.42. The Hall–Kier alpha value is -3.53. The summed E-state index contributed by atoms with van der Waals surface area (Å²) >= 11 is 0. The van der Waals surface area contributed by atoms with Crippen LogP contribution in [0.3, 0.4) is 0 Å². The lowest BCUT2D eigenvalue weighted by atomic mass is 10.00. The molecule has 4 nitrogen and oxygen atoms in total. The van der Waals surface area contributed by atoms with Gasteiger partial charge in [0, 0.05) is 11.3 Å². The highest BCUT2D eigenvalue weighted by Crippen LogP contribution is 2.39.